The van der Waals surface area contributed by atoms with Crippen molar-refractivity contribution in [3.63, 3.8) is 0 Å². The molecule has 0 aromatic carbocycles. The first-order chi connectivity index (χ1) is 14.2. The highest BCUT2D eigenvalue weighted by Gasteiger charge is 2.36. The average Bonchev–Trinajstić information content (AvgIpc) is 3.22. The van der Waals surface area contributed by atoms with Crippen LogP contribution in [0.25, 0.3) is 5.95 Å². The van der Waals surface area contributed by atoms with Gasteiger partial charge in [-0.1, -0.05) is 0 Å². The quantitative estimate of drug-likeness (QED) is 0.585. The van der Waals surface area contributed by atoms with E-state index in [1.54, 1.807) is 0 Å². The molecule has 10 nitrogen and oxygen atoms in total. The van der Waals surface area contributed by atoms with Crippen molar-refractivity contribution in [1.29, 1.82) is 0 Å². The molecule has 2 aromatic heterocycles. The van der Waals surface area contributed by atoms with E-state index < -0.39 is 30.5 Å². The summed E-state index contributed by atoms with van der Waals surface area (Å²) >= 11 is 0. The number of halogens is 4. The number of amides is 1. The highest BCUT2D eigenvalue weighted by Crippen LogP contribution is 2.28. The summed E-state index contributed by atoms with van der Waals surface area (Å²) in [6, 6.07) is -0.699. The second-order valence-electron chi connectivity index (χ2n) is 7.15. The number of hydrogen-bond donors (Lipinski definition) is 3. The molecule has 2 aliphatic rings. The van der Waals surface area contributed by atoms with Crippen LogP contribution in [0, 0.1) is 5.82 Å². The zero-order valence-electron chi connectivity index (χ0n) is 15.7. The summed E-state index contributed by atoms with van der Waals surface area (Å²) in [4.78, 5) is 25.6. The van der Waals surface area contributed by atoms with Crippen LogP contribution >= 0.6 is 0 Å². The predicted octanol–water partition coefficient (Wildman–Crippen LogP) is 1.49. The lowest BCUT2D eigenvalue weighted by Gasteiger charge is -2.25. The van der Waals surface area contributed by atoms with E-state index in [0.717, 1.165) is 23.7 Å². The third-order valence-corrected chi connectivity index (χ3v) is 4.74. The number of aromatic nitrogens is 5. The summed E-state index contributed by atoms with van der Waals surface area (Å²) in [6.07, 6.45) is -0.886. The first-order valence-corrected chi connectivity index (χ1v) is 9.34. The second kappa shape index (κ2) is 7.57. The van der Waals surface area contributed by atoms with Crippen molar-refractivity contribution >= 4 is 23.6 Å². The smallest absolute Gasteiger partial charge is 0.368 e. The summed E-state index contributed by atoms with van der Waals surface area (Å²) in [5.74, 6) is -1.67. The van der Waals surface area contributed by atoms with E-state index in [1.165, 1.54) is 4.90 Å². The Morgan fingerprint density at radius 1 is 1.30 bits per heavy atom. The predicted molar refractivity (Wildman–Crippen MR) is 102 cm³/mol. The Kier molecular flexibility index (Phi) is 5.07. The maximum Gasteiger partial charge on any atom is 0.405 e. The molecule has 1 aliphatic heterocycles. The number of carbonyl (C=O) groups is 1. The molecule has 30 heavy (non-hydrogen) atoms. The molecule has 166 valence electrons. The number of carbonyl (C=O) groups excluding carboxylic acids is 1. The number of nitrogens with zero attached hydrogens (tertiary/aromatic N) is 6. The zero-order valence-corrected chi connectivity index (χ0v) is 15.7. The maximum absolute atomic E-state index is 14.5. The van der Waals surface area contributed by atoms with Gasteiger partial charge in [0.2, 0.25) is 17.8 Å². The molecule has 1 aliphatic carbocycles. The molecular formula is C16H23F4N9O. The lowest BCUT2D eigenvalue weighted by molar-refractivity contribution is -0.139. The zero-order chi connectivity index (χ0) is 21.5. The Morgan fingerprint density at radius 2 is 2.07 bits per heavy atom. The van der Waals surface area contributed by atoms with Gasteiger partial charge < -0.3 is 21.3 Å². The Morgan fingerprint density at radius 3 is 2.77 bits per heavy atom. The van der Waals surface area contributed by atoms with Crippen LogP contribution in [0.2, 0.25) is 0 Å². The number of alkyl halides is 3. The van der Waals surface area contributed by atoms with Crippen molar-refractivity contribution in [1.82, 2.24) is 30.0 Å². The molecule has 1 atom stereocenters. The molecule has 3 heterocycles. The lowest BCUT2D eigenvalue weighted by atomic mass is 10.2. The van der Waals surface area contributed by atoms with Crippen molar-refractivity contribution in [2.75, 3.05) is 29.0 Å². The number of hydrogen-bond acceptors (Lipinski definition) is 8. The number of anilines is 3. The fourth-order valence-electron chi connectivity index (χ4n) is 3.19. The molecular weight excluding hydrogens is 410 g/mol. The van der Waals surface area contributed by atoms with Crippen LogP contribution in [-0.2, 0) is 4.79 Å². The molecule has 2 fully saturated rings. The number of nitrogens with one attached hydrogen (secondary N) is 2. The van der Waals surface area contributed by atoms with Gasteiger partial charge in [0.05, 0.1) is 6.20 Å². The molecule has 4 rings (SSSR count). The molecule has 4 N–H and O–H groups in total. The highest BCUT2D eigenvalue weighted by molar-refractivity contribution is 5.85. The second-order valence-corrected chi connectivity index (χ2v) is 7.15. The maximum atomic E-state index is 14.5. The summed E-state index contributed by atoms with van der Waals surface area (Å²) in [7, 11) is 0. The molecule has 2 aromatic rings. The van der Waals surface area contributed by atoms with E-state index >= 15 is 0 Å². The fraction of sp³-hybridized carbons (Fsp3) is 0.562. The van der Waals surface area contributed by atoms with Gasteiger partial charge >= 0.3 is 6.18 Å². The minimum absolute atomic E-state index is 0. The van der Waals surface area contributed by atoms with Gasteiger partial charge in [0.15, 0.2) is 11.6 Å². The normalized spacial score (nSPS) is 19.2. The van der Waals surface area contributed by atoms with Crippen LogP contribution in [-0.4, -0.2) is 62.0 Å². The topological polar surface area (TPSA) is 127 Å². The monoisotopic (exact) mass is 433 g/mol. The van der Waals surface area contributed by atoms with Crippen molar-refractivity contribution in [2.24, 2.45) is 0 Å². The molecule has 1 saturated heterocycles. The Balaban J connectivity index is 0.00000181. The van der Waals surface area contributed by atoms with Gasteiger partial charge in [0.25, 0.3) is 5.95 Å². The van der Waals surface area contributed by atoms with Gasteiger partial charge in [-0.3, -0.25) is 4.79 Å². The first-order valence-electron chi connectivity index (χ1n) is 9.34. The van der Waals surface area contributed by atoms with Crippen molar-refractivity contribution in [2.45, 2.75) is 43.9 Å². The minimum Gasteiger partial charge on any atom is -0.368 e. The van der Waals surface area contributed by atoms with Gasteiger partial charge in [0.1, 0.15) is 12.6 Å². The molecule has 0 radical (unpaired) electrons. The van der Waals surface area contributed by atoms with Crippen molar-refractivity contribution in [3.8, 4) is 5.95 Å². The lowest BCUT2D eigenvalue weighted by Crippen LogP contribution is -2.46. The van der Waals surface area contributed by atoms with Crippen molar-refractivity contribution in [3.05, 3.63) is 12.0 Å². The number of nitrogen functional groups attached to an aromatic ring is 1. The minimum atomic E-state index is -4.54. The summed E-state index contributed by atoms with van der Waals surface area (Å²) in [5.41, 5.74) is 5.86. The Hall–Kier alpha value is -3.19. The largest absolute Gasteiger partial charge is 0.405 e. The number of rotatable bonds is 6. The summed E-state index contributed by atoms with van der Waals surface area (Å²) in [5, 5.41) is 9.07. The Labute approximate surface area is 170 Å². The molecule has 1 amide bonds. The average molecular weight is 433 g/mol. The van der Waals surface area contributed by atoms with Gasteiger partial charge in [-0.25, -0.2) is 9.37 Å². The molecule has 0 spiro atoms. The molecule has 14 heteroatoms. The van der Waals surface area contributed by atoms with E-state index in [9.17, 15) is 22.4 Å². The van der Waals surface area contributed by atoms with Crippen LogP contribution in [0.5, 0.6) is 0 Å². The SMILES string of the molecule is Nc1nc(NC2CC2)nn1-c1ncc(F)c(N2CCC[C@@H]2C(=O)NCC(F)(F)F)n1.[HH].[HH]. The van der Waals surface area contributed by atoms with Gasteiger partial charge in [0, 0.05) is 15.4 Å². The van der Waals surface area contributed by atoms with Gasteiger partial charge in [-0.2, -0.15) is 27.8 Å². The van der Waals surface area contributed by atoms with E-state index in [1.807, 2.05) is 5.32 Å². The summed E-state index contributed by atoms with van der Waals surface area (Å²) < 4.78 is 52.8. The van der Waals surface area contributed by atoms with E-state index in [0.29, 0.717) is 6.42 Å². The van der Waals surface area contributed by atoms with Crippen LogP contribution in [0.1, 0.15) is 28.5 Å². The standard InChI is InChI=1S/C16H19F4N9O.2H2/c17-9-6-22-15(29-13(21)26-14(27-29)24-8-3-4-8)25-11(9)28-5-1-2-10(28)12(30)23-7-16(18,19)20;;/h6,8,10H,1-5,7H2,(H,23,30)(H3,21,24,26,27);2*1H/t10-;;/m1../s1. The van der Waals surface area contributed by atoms with Crippen molar-refractivity contribution < 1.29 is 25.2 Å². The third-order valence-electron chi connectivity index (χ3n) is 4.74. The first kappa shape index (κ1) is 20.1. The van der Waals surface area contributed by atoms with E-state index in [2.05, 4.69) is 25.4 Å². The van der Waals surface area contributed by atoms with Crippen LogP contribution in [0.4, 0.5) is 35.3 Å². The molecule has 0 unspecified atom stereocenters. The molecule has 1 saturated carbocycles. The summed E-state index contributed by atoms with van der Waals surface area (Å²) in [6.45, 7) is -1.21. The van der Waals surface area contributed by atoms with Crippen LogP contribution in [0.3, 0.4) is 0 Å². The van der Waals surface area contributed by atoms with Gasteiger partial charge in [-0.05, 0) is 25.7 Å². The van der Waals surface area contributed by atoms with E-state index in [4.69, 9.17) is 5.73 Å². The Bertz CT molecular complexity index is 954. The number of nitrogens with two attached hydrogens (primary N) is 1. The fourth-order valence-corrected chi connectivity index (χ4v) is 3.19. The third kappa shape index (κ3) is 4.36. The van der Waals surface area contributed by atoms with Gasteiger partial charge in [-0.15, -0.1) is 5.10 Å². The van der Waals surface area contributed by atoms with Crippen LogP contribution < -0.4 is 21.3 Å². The molecule has 0 bridgehead atoms. The highest BCUT2D eigenvalue weighted by atomic mass is 19.4. The van der Waals surface area contributed by atoms with Crippen LogP contribution in [0.15, 0.2) is 6.20 Å². The van der Waals surface area contributed by atoms with E-state index in [-0.39, 0.29) is 45.5 Å².